The molecule has 6 nitrogen and oxygen atoms in total. The fourth-order valence-electron chi connectivity index (χ4n) is 3.17. The lowest BCUT2D eigenvalue weighted by Gasteiger charge is -2.25. The molecular formula is C22H28N4O2S2. The van der Waals surface area contributed by atoms with E-state index in [0.29, 0.717) is 23.8 Å². The zero-order valence-electron chi connectivity index (χ0n) is 17.6. The number of benzene rings is 1. The minimum absolute atomic E-state index is 0.0979. The first kappa shape index (κ1) is 22.3. The van der Waals surface area contributed by atoms with Crippen LogP contribution >= 0.6 is 23.6 Å². The Bertz CT molecular complexity index is 1030. The van der Waals surface area contributed by atoms with E-state index < -0.39 is 0 Å². The number of rotatable bonds is 9. The minimum Gasteiger partial charge on any atom is -0.497 e. The summed E-state index contributed by atoms with van der Waals surface area (Å²) in [6.07, 6.45) is 0.996. The molecule has 0 aliphatic rings. The molecular weight excluding hydrogens is 416 g/mol. The van der Waals surface area contributed by atoms with Crippen LogP contribution in [0.3, 0.4) is 0 Å². The maximum absolute atomic E-state index is 12.7. The Morgan fingerprint density at radius 2 is 2.07 bits per heavy atom. The number of ether oxygens (including phenoxy) is 1. The average molecular weight is 445 g/mol. The zero-order valence-corrected chi connectivity index (χ0v) is 19.2. The van der Waals surface area contributed by atoms with E-state index in [1.807, 2.05) is 35.2 Å². The van der Waals surface area contributed by atoms with Gasteiger partial charge >= 0.3 is 0 Å². The van der Waals surface area contributed by atoms with Gasteiger partial charge in [-0.3, -0.25) is 4.79 Å². The van der Waals surface area contributed by atoms with E-state index in [4.69, 9.17) is 17.0 Å². The molecule has 0 aliphatic carbocycles. The highest BCUT2D eigenvalue weighted by atomic mass is 32.1. The molecule has 0 bridgehead atoms. The molecule has 8 heteroatoms. The number of hydrogen-bond donors (Lipinski definition) is 2. The molecule has 160 valence electrons. The molecule has 2 heterocycles. The second-order valence-electron chi connectivity index (χ2n) is 7.40. The van der Waals surface area contributed by atoms with Gasteiger partial charge in [-0.15, -0.1) is 11.3 Å². The lowest BCUT2D eigenvalue weighted by molar-refractivity contribution is 0.385. The molecule has 0 spiro atoms. The number of aromatic amines is 1. The first-order chi connectivity index (χ1) is 14.5. The standard InChI is InChI=1S/C22H28N4O2S2/c1-25(2)10-5-9-23-22(29)26(15-19-6-4-11-30-19)14-17-12-16-13-18(28-3)7-8-20(16)24-21(17)27/h4,6-8,11-13H,5,9-10,14-15H2,1-3H3,(H,23,29)(H,24,27). The van der Waals surface area contributed by atoms with Crippen LogP contribution < -0.4 is 15.6 Å². The Labute approximate surface area is 186 Å². The van der Waals surface area contributed by atoms with Gasteiger partial charge in [0.25, 0.3) is 5.56 Å². The Kier molecular flexibility index (Phi) is 7.84. The van der Waals surface area contributed by atoms with Crippen LogP contribution in [0.25, 0.3) is 10.9 Å². The Morgan fingerprint density at radius 3 is 2.77 bits per heavy atom. The van der Waals surface area contributed by atoms with E-state index in [9.17, 15) is 4.79 Å². The van der Waals surface area contributed by atoms with Crippen molar-refractivity contribution < 1.29 is 4.74 Å². The third-order valence-corrected chi connectivity index (χ3v) is 6.03. The molecule has 3 rings (SSSR count). The summed E-state index contributed by atoms with van der Waals surface area (Å²) in [5.41, 5.74) is 1.36. The smallest absolute Gasteiger partial charge is 0.253 e. The van der Waals surface area contributed by atoms with Crippen molar-refractivity contribution in [2.45, 2.75) is 19.5 Å². The van der Waals surface area contributed by atoms with E-state index in [2.05, 4.69) is 40.7 Å². The maximum Gasteiger partial charge on any atom is 0.253 e. The third-order valence-electron chi connectivity index (χ3n) is 4.76. The van der Waals surface area contributed by atoms with Crippen molar-refractivity contribution in [3.05, 3.63) is 62.6 Å². The summed E-state index contributed by atoms with van der Waals surface area (Å²) in [6.45, 7) is 2.88. The topological polar surface area (TPSA) is 60.6 Å². The molecule has 0 amide bonds. The van der Waals surface area contributed by atoms with Gasteiger partial charge in [0, 0.05) is 27.9 Å². The molecule has 30 heavy (non-hydrogen) atoms. The van der Waals surface area contributed by atoms with Crippen LogP contribution in [0.15, 0.2) is 46.6 Å². The number of thiocarbonyl (C=S) groups is 1. The SMILES string of the molecule is COc1ccc2[nH]c(=O)c(CN(Cc3cccs3)C(=S)NCCCN(C)C)cc2c1. The minimum atomic E-state index is -0.0979. The predicted molar refractivity (Wildman–Crippen MR) is 128 cm³/mol. The fourth-order valence-corrected chi connectivity index (χ4v) is 4.12. The number of nitrogens with zero attached hydrogens (tertiary/aromatic N) is 2. The molecule has 1 aromatic carbocycles. The van der Waals surface area contributed by atoms with E-state index in [1.54, 1.807) is 18.4 Å². The number of aromatic nitrogens is 1. The lowest BCUT2D eigenvalue weighted by atomic mass is 10.1. The highest BCUT2D eigenvalue weighted by molar-refractivity contribution is 7.80. The van der Waals surface area contributed by atoms with Crippen molar-refractivity contribution in [2.75, 3.05) is 34.3 Å². The molecule has 0 unspecified atom stereocenters. The molecule has 0 atom stereocenters. The van der Waals surface area contributed by atoms with E-state index in [0.717, 1.165) is 36.2 Å². The first-order valence-corrected chi connectivity index (χ1v) is 11.1. The van der Waals surface area contributed by atoms with Crippen molar-refractivity contribution in [1.29, 1.82) is 0 Å². The molecule has 0 radical (unpaired) electrons. The van der Waals surface area contributed by atoms with Gasteiger partial charge in [-0.05, 0) is 75.0 Å². The largest absolute Gasteiger partial charge is 0.497 e. The number of thiophene rings is 1. The number of methoxy groups -OCH3 is 1. The second kappa shape index (κ2) is 10.6. The summed E-state index contributed by atoms with van der Waals surface area (Å²) in [7, 11) is 5.75. The lowest BCUT2D eigenvalue weighted by Crippen LogP contribution is -2.40. The number of fused-ring (bicyclic) bond motifs is 1. The summed E-state index contributed by atoms with van der Waals surface area (Å²) in [6, 6.07) is 11.7. The van der Waals surface area contributed by atoms with Crippen LogP contribution in [0, 0.1) is 0 Å². The van der Waals surface area contributed by atoms with Gasteiger partial charge in [-0.2, -0.15) is 0 Å². The molecule has 2 N–H and O–H groups in total. The van der Waals surface area contributed by atoms with Gasteiger partial charge in [-0.25, -0.2) is 0 Å². The second-order valence-corrected chi connectivity index (χ2v) is 8.82. The monoisotopic (exact) mass is 444 g/mol. The van der Waals surface area contributed by atoms with Gasteiger partial charge in [0.15, 0.2) is 5.11 Å². The molecule has 0 aliphatic heterocycles. The van der Waals surface area contributed by atoms with Gasteiger partial charge in [-0.1, -0.05) is 6.07 Å². The first-order valence-electron chi connectivity index (χ1n) is 9.86. The highest BCUT2D eigenvalue weighted by Crippen LogP contribution is 2.20. The average Bonchev–Trinajstić information content (AvgIpc) is 3.23. The van der Waals surface area contributed by atoms with Crippen LogP contribution in [-0.2, 0) is 13.1 Å². The number of nitrogens with one attached hydrogen (secondary N) is 2. The Balaban J connectivity index is 1.80. The summed E-state index contributed by atoms with van der Waals surface area (Å²) < 4.78 is 5.32. The van der Waals surface area contributed by atoms with Crippen LogP contribution in [0.4, 0.5) is 0 Å². The Morgan fingerprint density at radius 1 is 1.23 bits per heavy atom. The highest BCUT2D eigenvalue weighted by Gasteiger charge is 2.14. The number of hydrogen-bond acceptors (Lipinski definition) is 5. The van der Waals surface area contributed by atoms with Gasteiger partial charge in [0.1, 0.15) is 5.75 Å². The van der Waals surface area contributed by atoms with Crippen molar-refractivity contribution in [3.8, 4) is 5.75 Å². The van der Waals surface area contributed by atoms with Crippen molar-refractivity contribution in [3.63, 3.8) is 0 Å². The quantitative estimate of drug-likeness (QED) is 0.390. The van der Waals surface area contributed by atoms with Crippen molar-refractivity contribution >= 4 is 39.6 Å². The van der Waals surface area contributed by atoms with Crippen molar-refractivity contribution in [2.24, 2.45) is 0 Å². The molecule has 2 aromatic heterocycles. The Hall–Kier alpha value is -2.42. The molecule has 0 saturated heterocycles. The summed E-state index contributed by atoms with van der Waals surface area (Å²) >= 11 is 7.36. The van der Waals surface area contributed by atoms with E-state index >= 15 is 0 Å². The van der Waals surface area contributed by atoms with E-state index in [-0.39, 0.29) is 5.56 Å². The van der Waals surface area contributed by atoms with Crippen LogP contribution in [-0.4, -0.2) is 54.2 Å². The fraction of sp³-hybridized carbons (Fsp3) is 0.364. The van der Waals surface area contributed by atoms with E-state index in [1.165, 1.54) is 4.88 Å². The van der Waals surface area contributed by atoms with Crippen LogP contribution in [0.2, 0.25) is 0 Å². The third kappa shape index (κ3) is 6.04. The maximum atomic E-state index is 12.7. The number of H-pyrrole nitrogens is 1. The normalized spacial score (nSPS) is 11.1. The summed E-state index contributed by atoms with van der Waals surface area (Å²) in [4.78, 5) is 21.1. The van der Waals surface area contributed by atoms with Crippen LogP contribution in [0.5, 0.6) is 5.75 Å². The number of pyridine rings is 1. The molecule has 3 aromatic rings. The van der Waals surface area contributed by atoms with Crippen LogP contribution in [0.1, 0.15) is 16.9 Å². The predicted octanol–water partition coefficient (Wildman–Crippen LogP) is 3.43. The summed E-state index contributed by atoms with van der Waals surface area (Å²) in [5, 5.41) is 7.00. The van der Waals surface area contributed by atoms with Crippen molar-refractivity contribution in [1.82, 2.24) is 20.1 Å². The zero-order chi connectivity index (χ0) is 21.5. The molecule has 0 saturated carbocycles. The molecule has 0 fully saturated rings. The van der Waals surface area contributed by atoms with Gasteiger partial charge in [0.2, 0.25) is 0 Å². The van der Waals surface area contributed by atoms with Gasteiger partial charge in [0.05, 0.1) is 20.2 Å². The van der Waals surface area contributed by atoms with Gasteiger partial charge < -0.3 is 24.8 Å². The summed E-state index contributed by atoms with van der Waals surface area (Å²) in [5.74, 6) is 0.758.